The average Bonchev–Trinajstić information content (AvgIpc) is 2.71. The molecule has 24 heavy (non-hydrogen) atoms. The lowest BCUT2D eigenvalue weighted by Crippen LogP contribution is -2.42. The molecule has 130 valence electrons. The van der Waals surface area contributed by atoms with Crippen LogP contribution in [0.2, 0.25) is 0 Å². The number of unbranched alkanes of at least 4 members (excludes halogenated alkanes) is 1. The number of rotatable bonds is 4. The number of allylic oxidation sites excluding steroid dienone is 2. The summed E-state index contributed by atoms with van der Waals surface area (Å²) >= 11 is 5.15. The van der Waals surface area contributed by atoms with Crippen LogP contribution in [0.5, 0.6) is 0 Å². The molecule has 0 bridgehead atoms. The molecule has 0 N–H and O–H groups in total. The molecule has 0 saturated carbocycles. The van der Waals surface area contributed by atoms with Gasteiger partial charge in [0.15, 0.2) is 0 Å². The van der Waals surface area contributed by atoms with Crippen molar-refractivity contribution in [3.8, 4) is 0 Å². The molecular weight excluding hydrogens is 387 g/mol. The molecule has 5 heteroatoms. The van der Waals surface area contributed by atoms with Gasteiger partial charge in [-0.25, -0.2) is 8.70 Å². The molecule has 1 unspecified atom stereocenters. The second-order valence-corrected chi connectivity index (χ2v) is 8.53. The van der Waals surface area contributed by atoms with Gasteiger partial charge >= 0.3 is 0 Å². The summed E-state index contributed by atoms with van der Waals surface area (Å²) in [7, 11) is 2.17. The summed E-state index contributed by atoms with van der Waals surface area (Å²) in [6.07, 6.45) is 5.98. The van der Waals surface area contributed by atoms with E-state index in [4.69, 9.17) is 0 Å². The number of likely N-dealkylation sites (N-methyl/N-ethyl adjacent to an activating group) is 1. The maximum Gasteiger partial charge on any atom is 0.117 e. The Morgan fingerprint density at radius 2 is 2.04 bits per heavy atom. The minimum absolute atomic E-state index is 0.0556. The molecular formula is C19H24BrFN2S. The lowest BCUT2D eigenvalue weighted by Gasteiger charge is -2.35. The molecule has 3 rings (SSSR count). The predicted octanol–water partition coefficient (Wildman–Crippen LogP) is 5.88. The standard InChI is InChI=1S/C19H24BrFN2S/c1-3-4-8-15-13-23(14-9-6-5-7-10-14)18-12-17(21)16(20)11-19(18)24-22(15)2/h5-7,9-11,15,18H,3-4,8,12-13H2,1-2H3/t15-,18?/m1/s1. The van der Waals surface area contributed by atoms with Crippen LogP contribution in [0, 0.1) is 0 Å². The lowest BCUT2D eigenvalue weighted by molar-refractivity contribution is 0.373. The number of hydrogen-bond acceptors (Lipinski definition) is 3. The normalized spacial score (nSPS) is 25.3. The van der Waals surface area contributed by atoms with Gasteiger partial charge in [-0.3, -0.25) is 0 Å². The van der Waals surface area contributed by atoms with Crippen molar-refractivity contribution in [2.75, 3.05) is 18.5 Å². The van der Waals surface area contributed by atoms with Gasteiger partial charge in [-0.15, -0.1) is 0 Å². The van der Waals surface area contributed by atoms with E-state index in [0.717, 1.165) is 6.54 Å². The Bertz CT molecular complexity index is 632. The highest BCUT2D eigenvalue weighted by Crippen LogP contribution is 2.42. The summed E-state index contributed by atoms with van der Waals surface area (Å²) in [6, 6.07) is 11.0. The van der Waals surface area contributed by atoms with Crippen molar-refractivity contribution in [2.24, 2.45) is 0 Å². The molecule has 2 aliphatic rings. The highest BCUT2D eigenvalue weighted by Gasteiger charge is 2.35. The molecule has 1 fully saturated rings. The summed E-state index contributed by atoms with van der Waals surface area (Å²) < 4.78 is 17.3. The van der Waals surface area contributed by atoms with Crippen LogP contribution in [0.4, 0.5) is 10.1 Å². The molecule has 1 aromatic rings. The molecule has 2 atom stereocenters. The summed E-state index contributed by atoms with van der Waals surface area (Å²) in [5.74, 6) is -0.0556. The van der Waals surface area contributed by atoms with Gasteiger partial charge in [0.05, 0.1) is 6.04 Å². The van der Waals surface area contributed by atoms with E-state index in [2.05, 4.69) is 63.4 Å². The second kappa shape index (κ2) is 8.07. The number of para-hydroxylation sites is 1. The SMILES string of the molecule is CCCC[C@@H]1CN(c2ccccc2)C2CC(F)=C(Br)C=C2SN1C. The van der Waals surface area contributed by atoms with Crippen LogP contribution in [-0.4, -0.2) is 30.0 Å². The van der Waals surface area contributed by atoms with Crippen LogP contribution in [0.15, 0.2) is 51.6 Å². The van der Waals surface area contributed by atoms with Gasteiger partial charge < -0.3 is 4.90 Å². The lowest BCUT2D eigenvalue weighted by atomic mass is 10.0. The Hall–Kier alpha value is -0.780. The third-order valence-corrected chi connectivity index (χ3v) is 6.60. The fourth-order valence-corrected chi connectivity index (χ4v) is 5.06. The smallest absolute Gasteiger partial charge is 0.117 e. The van der Waals surface area contributed by atoms with Gasteiger partial charge in [-0.1, -0.05) is 38.0 Å². The minimum atomic E-state index is -0.0556. The maximum atomic E-state index is 14.3. The summed E-state index contributed by atoms with van der Waals surface area (Å²) in [4.78, 5) is 3.61. The molecule has 0 spiro atoms. The molecule has 2 nitrogen and oxygen atoms in total. The van der Waals surface area contributed by atoms with E-state index >= 15 is 0 Å². The number of halogens is 2. The Morgan fingerprint density at radius 3 is 2.75 bits per heavy atom. The van der Waals surface area contributed by atoms with Crippen molar-refractivity contribution in [3.05, 3.63) is 51.6 Å². The first-order chi connectivity index (χ1) is 11.6. The molecule has 1 saturated heterocycles. The predicted molar refractivity (Wildman–Crippen MR) is 106 cm³/mol. The highest BCUT2D eigenvalue weighted by atomic mass is 79.9. The van der Waals surface area contributed by atoms with Gasteiger partial charge in [-0.2, -0.15) is 0 Å². The van der Waals surface area contributed by atoms with Gasteiger partial charge in [-0.05, 0) is 59.6 Å². The van der Waals surface area contributed by atoms with Crippen LogP contribution in [0.1, 0.15) is 32.6 Å². The van der Waals surface area contributed by atoms with Crippen molar-refractivity contribution in [3.63, 3.8) is 0 Å². The first kappa shape index (κ1) is 18.0. The Kier molecular flexibility index (Phi) is 6.06. The monoisotopic (exact) mass is 410 g/mol. The van der Waals surface area contributed by atoms with E-state index in [0.29, 0.717) is 16.9 Å². The highest BCUT2D eigenvalue weighted by molar-refractivity contribution is 9.11. The quantitative estimate of drug-likeness (QED) is 0.572. The van der Waals surface area contributed by atoms with Crippen molar-refractivity contribution in [1.29, 1.82) is 0 Å². The zero-order chi connectivity index (χ0) is 17.1. The Labute approximate surface area is 157 Å². The van der Waals surface area contributed by atoms with E-state index in [1.165, 1.54) is 29.9 Å². The molecule has 1 heterocycles. The molecule has 1 aliphatic carbocycles. The fourth-order valence-electron chi connectivity index (χ4n) is 3.35. The van der Waals surface area contributed by atoms with Gasteiger partial charge in [0, 0.05) is 34.1 Å². The van der Waals surface area contributed by atoms with Crippen molar-refractivity contribution in [1.82, 2.24) is 4.31 Å². The molecule has 1 aromatic carbocycles. The van der Waals surface area contributed by atoms with Crippen LogP contribution in [-0.2, 0) is 0 Å². The second-order valence-electron chi connectivity index (χ2n) is 6.44. The molecule has 0 aromatic heterocycles. The summed E-state index contributed by atoms with van der Waals surface area (Å²) in [5, 5.41) is 0. The van der Waals surface area contributed by atoms with Crippen LogP contribution in [0.3, 0.4) is 0 Å². The van der Waals surface area contributed by atoms with E-state index in [1.807, 2.05) is 12.1 Å². The van der Waals surface area contributed by atoms with Crippen molar-refractivity contribution >= 4 is 33.6 Å². The van der Waals surface area contributed by atoms with E-state index in [9.17, 15) is 4.39 Å². The van der Waals surface area contributed by atoms with E-state index < -0.39 is 0 Å². The number of anilines is 1. The van der Waals surface area contributed by atoms with E-state index in [-0.39, 0.29) is 11.9 Å². The van der Waals surface area contributed by atoms with Gasteiger partial charge in [0.25, 0.3) is 0 Å². The van der Waals surface area contributed by atoms with E-state index in [1.54, 1.807) is 11.9 Å². The topological polar surface area (TPSA) is 6.48 Å². The molecule has 0 radical (unpaired) electrons. The van der Waals surface area contributed by atoms with Crippen molar-refractivity contribution < 1.29 is 4.39 Å². The minimum Gasteiger partial charge on any atom is -0.362 e. The Balaban J connectivity index is 1.95. The zero-order valence-electron chi connectivity index (χ0n) is 14.2. The maximum absolute atomic E-state index is 14.3. The van der Waals surface area contributed by atoms with Crippen molar-refractivity contribution in [2.45, 2.75) is 44.7 Å². The molecule has 1 aliphatic heterocycles. The first-order valence-electron chi connectivity index (χ1n) is 8.58. The Morgan fingerprint density at radius 1 is 1.29 bits per heavy atom. The molecule has 0 amide bonds. The number of hydrogen-bond donors (Lipinski definition) is 0. The first-order valence-corrected chi connectivity index (χ1v) is 10.1. The van der Waals surface area contributed by atoms with Gasteiger partial charge in [0.1, 0.15) is 5.83 Å². The fraction of sp³-hybridized carbons (Fsp3) is 0.474. The van der Waals surface area contributed by atoms with Crippen LogP contribution < -0.4 is 4.90 Å². The number of fused-ring (bicyclic) bond motifs is 1. The van der Waals surface area contributed by atoms with Crippen LogP contribution >= 0.6 is 27.9 Å². The number of benzene rings is 1. The third-order valence-electron chi connectivity index (χ3n) is 4.76. The summed E-state index contributed by atoms with van der Waals surface area (Å²) in [6.45, 7) is 3.16. The zero-order valence-corrected chi connectivity index (χ0v) is 16.6. The third kappa shape index (κ3) is 3.89. The van der Waals surface area contributed by atoms with Gasteiger partial charge in [0.2, 0.25) is 0 Å². The average molecular weight is 411 g/mol. The summed E-state index contributed by atoms with van der Waals surface area (Å²) in [5.41, 5.74) is 1.18. The van der Waals surface area contributed by atoms with Crippen LogP contribution in [0.25, 0.3) is 0 Å². The largest absolute Gasteiger partial charge is 0.362 e. The number of nitrogens with zero attached hydrogens (tertiary/aromatic N) is 2.